The van der Waals surface area contributed by atoms with Crippen LogP contribution in [-0.4, -0.2) is 14.9 Å². The van der Waals surface area contributed by atoms with Gasteiger partial charge in [0.1, 0.15) is 5.92 Å². The molecule has 0 fully saturated rings. The van der Waals surface area contributed by atoms with Crippen LogP contribution in [0.3, 0.4) is 0 Å². The normalized spacial score (nSPS) is 26.8. The molecule has 7 heteroatoms. The molecule has 114 valence electrons. The lowest BCUT2D eigenvalue weighted by Gasteiger charge is -2.36. The molecule has 21 heavy (non-hydrogen) atoms. The predicted octanol–water partition coefficient (Wildman–Crippen LogP) is 4.75. The second-order valence-corrected chi connectivity index (χ2v) is 7.28. The van der Waals surface area contributed by atoms with Gasteiger partial charge in [-0.3, -0.25) is 0 Å². The largest absolute Gasteiger partial charge is 0.384 e. The Balaban J connectivity index is 2.64. The van der Waals surface area contributed by atoms with Crippen LogP contribution in [0.5, 0.6) is 0 Å². The van der Waals surface area contributed by atoms with Gasteiger partial charge in [-0.15, -0.1) is 0 Å². The van der Waals surface area contributed by atoms with Crippen molar-refractivity contribution in [2.75, 3.05) is 0 Å². The van der Waals surface area contributed by atoms with Gasteiger partial charge in [0.15, 0.2) is 26.5 Å². The van der Waals surface area contributed by atoms with Gasteiger partial charge in [-0.2, -0.15) is 0 Å². The van der Waals surface area contributed by atoms with Crippen LogP contribution in [-0.2, 0) is 4.43 Å². The van der Waals surface area contributed by atoms with Crippen LogP contribution in [0.2, 0.25) is 13.1 Å². The highest BCUT2D eigenvalue weighted by Gasteiger charge is 2.55. The zero-order valence-corrected chi connectivity index (χ0v) is 12.5. The quantitative estimate of drug-likeness (QED) is 0.577. The summed E-state index contributed by atoms with van der Waals surface area (Å²) in [6.45, 7) is 3.03. The molecule has 0 saturated heterocycles. The molecule has 0 spiro atoms. The van der Waals surface area contributed by atoms with Gasteiger partial charge in [0.2, 0.25) is 5.83 Å². The molecule has 0 saturated carbocycles. The van der Waals surface area contributed by atoms with Gasteiger partial charge in [-0.05, 0) is 18.7 Å². The van der Waals surface area contributed by atoms with Crippen LogP contribution in [0.25, 0.3) is 0 Å². The minimum absolute atomic E-state index is 0.0371. The van der Waals surface area contributed by atoms with Crippen molar-refractivity contribution in [1.82, 2.24) is 0 Å². The van der Waals surface area contributed by atoms with Crippen LogP contribution in [0.4, 0.5) is 22.0 Å². The van der Waals surface area contributed by atoms with Crippen LogP contribution in [0.1, 0.15) is 11.5 Å². The van der Waals surface area contributed by atoms with E-state index in [4.69, 9.17) is 4.43 Å². The average Bonchev–Trinajstić information content (AvgIpc) is 2.44. The summed E-state index contributed by atoms with van der Waals surface area (Å²) in [6, 6.07) is 7.09. The topological polar surface area (TPSA) is 9.23 Å². The van der Waals surface area contributed by atoms with E-state index in [1.165, 1.54) is 37.4 Å². The van der Waals surface area contributed by atoms with E-state index in [1.54, 1.807) is 6.07 Å². The predicted molar refractivity (Wildman–Crippen MR) is 71.5 cm³/mol. The third kappa shape index (κ3) is 2.67. The van der Waals surface area contributed by atoms with Crippen molar-refractivity contribution < 1.29 is 26.4 Å². The van der Waals surface area contributed by atoms with E-state index in [1.807, 2.05) is 0 Å². The summed E-state index contributed by atoms with van der Waals surface area (Å²) in [5, 5.41) is 0. The summed E-state index contributed by atoms with van der Waals surface area (Å²) in [4.78, 5) is 0. The van der Waals surface area contributed by atoms with Crippen molar-refractivity contribution in [3.8, 4) is 0 Å². The third-order valence-electron chi connectivity index (χ3n) is 3.06. The van der Waals surface area contributed by atoms with Gasteiger partial charge in [0.05, 0.1) is 0 Å². The van der Waals surface area contributed by atoms with Crippen LogP contribution < -0.4 is 0 Å². The summed E-state index contributed by atoms with van der Waals surface area (Å²) in [7, 11) is -2.21. The Labute approximate surface area is 120 Å². The molecule has 1 aliphatic rings. The van der Waals surface area contributed by atoms with E-state index in [9.17, 15) is 22.0 Å². The molecule has 1 nitrogen and oxygen atoms in total. The van der Waals surface area contributed by atoms with E-state index >= 15 is 0 Å². The Morgan fingerprint density at radius 3 is 2.10 bits per heavy atom. The fourth-order valence-corrected chi connectivity index (χ4v) is 3.16. The number of rotatable bonds is 3. The molecular weight excluding hydrogens is 307 g/mol. The third-order valence-corrected chi connectivity index (χ3v) is 3.87. The molecule has 2 unspecified atom stereocenters. The van der Waals surface area contributed by atoms with Crippen molar-refractivity contribution in [1.29, 1.82) is 0 Å². The second-order valence-electron chi connectivity index (χ2n) is 4.95. The Morgan fingerprint density at radius 2 is 1.57 bits per heavy atom. The Hall–Kier alpha value is -1.47. The Morgan fingerprint density at radius 1 is 1.00 bits per heavy atom. The Kier molecular flexibility index (Phi) is 4.34. The maximum atomic E-state index is 14.9. The number of halogens is 5. The van der Waals surface area contributed by atoms with Gasteiger partial charge in [-0.25, -0.2) is 22.0 Å². The second kappa shape index (κ2) is 5.73. The SMILES string of the molecule is C[SiH](C)OC1(F)C(F)=C(F)C(F)=C(F)C1c1ccccc1. The van der Waals surface area contributed by atoms with Crippen LogP contribution in [0, 0.1) is 0 Å². The van der Waals surface area contributed by atoms with Gasteiger partial charge in [0, 0.05) is 0 Å². The van der Waals surface area contributed by atoms with Crippen LogP contribution >= 0.6 is 0 Å². The molecule has 1 aromatic rings. The first-order chi connectivity index (χ1) is 9.79. The average molecular weight is 320 g/mol. The molecule has 0 radical (unpaired) electrons. The van der Waals surface area contributed by atoms with Crippen molar-refractivity contribution in [2.24, 2.45) is 0 Å². The molecular formula is C14H13F5OSi. The molecule has 2 atom stereocenters. The zero-order chi connectivity index (χ0) is 15.8. The molecule has 0 amide bonds. The maximum Gasteiger partial charge on any atom is 0.269 e. The van der Waals surface area contributed by atoms with E-state index in [0.717, 1.165) is 0 Å². The van der Waals surface area contributed by atoms with Gasteiger partial charge in [-0.1, -0.05) is 30.3 Å². The summed E-state index contributed by atoms with van der Waals surface area (Å²) >= 11 is 0. The summed E-state index contributed by atoms with van der Waals surface area (Å²) in [5.41, 5.74) is -0.0371. The number of hydrogen-bond acceptors (Lipinski definition) is 1. The first-order valence-electron chi connectivity index (χ1n) is 6.32. The smallest absolute Gasteiger partial charge is 0.269 e. The van der Waals surface area contributed by atoms with Crippen molar-refractivity contribution >= 4 is 9.04 Å². The van der Waals surface area contributed by atoms with Crippen molar-refractivity contribution in [2.45, 2.75) is 24.9 Å². The molecule has 2 rings (SSSR count). The lowest BCUT2D eigenvalue weighted by molar-refractivity contribution is -0.0730. The fourth-order valence-electron chi connectivity index (χ4n) is 2.24. The first kappa shape index (κ1) is 15.9. The molecule has 0 aliphatic heterocycles. The lowest BCUT2D eigenvalue weighted by Crippen LogP contribution is -2.42. The van der Waals surface area contributed by atoms with E-state index in [-0.39, 0.29) is 5.56 Å². The van der Waals surface area contributed by atoms with E-state index < -0.39 is 44.1 Å². The number of hydrogen-bond donors (Lipinski definition) is 0. The van der Waals surface area contributed by atoms with Crippen LogP contribution in [0.15, 0.2) is 53.6 Å². The summed E-state index contributed by atoms with van der Waals surface area (Å²) in [6.07, 6.45) is 0. The summed E-state index contributed by atoms with van der Waals surface area (Å²) < 4.78 is 74.7. The maximum absolute atomic E-state index is 14.9. The monoisotopic (exact) mass is 320 g/mol. The van der Waals surface area contributed by atoms with Crippen molar-refractivity contribution in [3.05, 3.63) is 59.2 Å². The minimum atomic E-state index is -3.37. The number of alkyl halides is 1. The molecule has 1 aromatic carbocycles. The molecule has 0 heterocycles. The highest BCUT2D eigenvalue weighted by atomic mass is 28.3. The van der Waals surface area contributed by atoms with E-state index in [0.29, 0.717) is 0 Å². The fraction of sp³-hybridized carbons (Fsp3) is 0.286. The van der Waals surface area contributed by atoms with Gasteiger partial charge < -0.3 is 4.43 Å². The van der Waals surface area contributed by atoms with Gasteiger partial charge in [0.25, 0.3) is 5.85 Å². The molecule has 1 aliphatic carbocycles. The highest BCUT2D eigenvalue weighted by Crippen LogP contribution is 2.52. The first-order valence-corrected chi connectivity index (χ1v) is 9.10. The van der Waals surface area contributed by atoms with Crippen molar-refractivity contribution in [3.63, 3.8) is 0 Å². The molecule has 0 N–H and O–H groups in total. The highest BCUT2D eigenvalue weighted by molar-refractivity contribution is 6.48. The Bertz CT molecular complexity index is 599. The molecule has 0 aromatic heterocycles. The number of benzene rings is 1. The summed E-state index contributed by atoms with van der Waals surface area (Å²) in [5.74, 6) is -13.4. The molecule has 0 bridgehead atoms. The zero-order valence-electron chi connectivity index (χ0n) is 11.3. The standard InChI is InChI=1S/C14H13F5OSi/c1-21(2)20-14(19)9(8-6-4-3-5-7-8)10(15)11(16)12(17)13(14)18/h3-7,9,21H,1-2H3. The lowest BCUT2D eigenvalue weighted by atomic mass is 9.85. The number of allylic oxidation sites excluding steroid dienone is 2. The van der Waals surface area contributed by atoms with E-state index in [2.05, 4.69) is 0 Å². The van der Waals surface area contributed by atoms with Gasteiger partial charge >= 0.3 is 0 Å². The minimum Gasteiger partial charge on any atom is -0.384 e.